The first-order valence-electron chi connectivity index (χ1n) is 10.5. The maximum absolute atomic E-state index is 4.28. The summed E-state index contributed by atoms with van der Waals surface area (Å²) in [5.41, 5.74) is 0.105. The molecule has 1 rings (SSSR count). The quantitative estimate of drug-likeness (QED) is 0.308. The maximum atomic E-state index is 4.28. The third kappa shape index (κ3) is 10.1. The van der Waals surface area contributed by atoms with Crippen LogP contribution in [0.25, 0.3) is 0 Å². The average molecular weight is 336 g/mol. The molecule has 24 heavy (non-hydrogen) atoms. The van der Waals surface area contributed by atoms with Crippen LogP contribution in [0.4, 0.5) is 0 Å². The lowest BCUT2D eigenvalue weighted by molar-refractivity contribution is 0.283. The molecule has 3 nitrogen and oxygen atoms in total. The highest BCUT2D eigenvalue weighted by molar-refractivity contribution is 4.76. The number of rotatable bonds is 16. The molecule has 0 aromatic carbocycles. The minimum Gasteiger partial charge on any atom is -0.247 e. The Morgan fingerprint density at radius 2 is 1.17 bits per heavy atom. The Morgan fingerprint density at radius 1 is 0.708 bits per heavy atom. The molecule has 0 aliphatic rings. The number of hydrogen-bond acceptors (Lipinski definition) is 2. The Bertz CT molecular complexity index is 370. The van der Waals surface area contributed by atoms with Gasteiger partial charge in [0.2, 0.25) is 0 Å². The number of unbranched alkanes of at least 4 members (excludes halogenated alkanes) is 13. The zero-order valence-corrected chi connectivity index (χ0v) is 16.6. The second kappa shape index (κ2) is 13.4. The van der Waals surface area contributed by atoms with Crippen molar-refractivity contribution in [1.82, 2.24) is 14.8 Å². The van der Waals surface area contributed by atoms with Gasteiger partial charge in [-0.3, -0.25) is 0 Å². The minimum atomic E-state index is 0.105. The molecule has 0 fully saturated rings. The van der Waals surface area contributed by atoms with Crippen molar-refractivity contribution in [3.05, 3.63) is 12.7 Å². The van der Waals surface area contributed by atoms with Gasteiger partial charge in [0.1, 0.15) is 12.7 Å². The monoisotopic (exact) mass is 335 g/mol. The summed E-state index contributed by atoms with van der Waals surface area (Å²) in [5.74, 6) is 0. The van der Waals surface area contributed by atoms with Crippen molar-refractivity contribution >= 4 is 0 Å². The highest BCUT2D eigenvalue weighted by Crippen LogP contribution is 2.22. The van der Waals surface area contributed by atoms with Crippen LogP contribution in [0.5, 0.6) is 0 Å². The largest absolute Gasteiger partial charge is 0.247 e. The van der Waals surface area contributed by atoms with Gasteiger partial charge in [0.05, 0.1) is 5.54 Å². The number of hydrogen-bond donors (Lipinski definition) is 0. The van der Waals surface area contributed by atoms with Crippen molar-refractivity contribution in [3.63, 3.8) is 0 Å². The molecule has 0 radical (unpaired) electrons. The fraction of sp³-hybridized carbons (Fsp3) is 0.905. The molecule has 3 heteroatoms. The highest BCUT2D eigenvalue weighted by Gasteiger charge is 2.19. The van der Waals surface area contributed by atoms with E-state index in [1.165, 1.54) is 96.3 Å². The number of aromatic nitrogens is 3. The van der Waals surface area contributed by atoms with Crippen molar-refractivity contribution < 1.29 is 0 Å². The van der Waals surface area contributed by atoms with Crippen LogP contribution in [0.3, 0.4) is 0 Å². The summed E-state index contributed by atoms with van der Waals surface area (Å²) >= 11 is 0. The van der Waals surface area contributed by atoms with Crippen molar-refractivity contribution in [2.75, 3.05) is 0 Å². The molecule has 0 atom stereocenters. The van der Waals surface area contributed by atoms with E-state index in [1.54, 1.807) is 6.33 Å². The molecule has 0 bridgehead atoms. The third-order valence-corrected chi connectivity index (χ3v) is 5.18. The van der Waals surface area contributed by atoms with Gasteiger partial charge in [0.25, 0.3) is 0 Å². The summed E-state index contributed by atoms with van der Waals surface area (Å²) < 4.78 is 2.00. The van der Waals surface area contributed by atoms with Crippen LogP contribution in [-0.2, 0) is 5.54 Å². The van der Waals surface area contributed by atoms with Gasteiger partial charge in [0, 0.05) is 0 Å². The van der Waals surface area contributed by atoms with Crippen molar-refractivity contribution in [2.45, 2.75) is 123 Å². The van der Waals surface area contributed by atoms with Gasteiger partial charge >= 0.3 is 0 Å². The third-order valence-electron chi connectivity index (χ3n) is 5.18. The molecule has 0 amide bonds. The van der Waals surface area contributed by atoms with E-state index in [-0.39, 0.29) is 5.54 Å². The molecule has 0 aliphatic heterocycles. The van der Waals surface area contributed by atoms with Crippen LogP contribution in [0.1, 0.15) is 117 Å². The fourth-order valence-electron chi connectivity index (χ4n) is 3.39. The Balaban J connectivity index is 1.82. The summed E-state index contributed by atoms with van der Waals surface area (Å²) in [7, 11) is 0. The molecule has 0 saturated heterocycles. The SMILES string of the molecule is CCCCCCCCCCCCCCCCC(C)(C)n1cncn1. The summed E-state index contributed by atoms with van der Waals surface area (Å²) in [6.45, 7) is 6.80. The molecular formula is C21H41N3. The van der Waals surface area contributed by atoms with E-state index >= 15 is 0 Å². The number of nitrogens with zero attached hydrogens (tertiary/aromatic N) is 3. The zero-order chi connectivity index (χ0) is 17.5. The predicted octanol–water partition coefficient (Wildman–Crippen LogP) is 6.88. The summed E-state index contributed by atoms with van der Waals surface area (Å²) in [5, 5.41) is 4.28. The van der Waals surface area contributed by atoms with Gasteiger partial charge in [-0.1, -0.05) is 96.8 Å². The van der Waals surface area contributed by atoms with Gasteiger partial charge in [-0.05, 0) is 20.3 Å². The molecule has 1 heterocycles. The van der Waals surface area contributed by atoms with E-state index in [0.717, 1.165) is 0 Å². The molecule has 0 spiro atoms. The van der Waals surface area contributed by atoms with Crippen LogP contribution in [0.15, 0.2) is 12.7 Å². The Hall–Kier alpha value is -0.860. The lowest BCUT2D eigenvalue weighted by atomic mass is 9.96. The summed E-state index contributed by atoms with van der Waals surface area (Å²) in [6.07, 6.45) is 24.5. The van der Waals surface area contributed by atoms with Gasteiger partial charge in [-0.15, -0.1) is 0 Å². The van der Waals surface area contributed by atoms with Crippen LogP contribution in [0, 0.1) is 0 Å². The Kier molecular flexibility index (Phi) is 11.9. The Morgan fingerprint density at radius 3 is 1.58 bits per heavy atom. The van der Waals surface area contributed by atoms with Gasteiger partial charge in [-0.2, -0.15) is 5.10 Å². The maximum Gasteiger partial charge on any atom is 0.137 e. The average Bonchev–Trinajstić information content (AvgIpc) is 3.10. The second-order valence-corrected chi connectivity index (χ2v) is 8.00. The molecule has 1 aromatic heterocycles. The molecular weight excluding hydrogens is 294 g/mol. The standard InChI is InChI=1S/C21H41N3/c1-4-5-6-7-8-9-10-11-12-13-14-15-16-17-18-21(2,3)24-20-22-19-23-24/h19-20H,4-18H2,1-3H3. The Labute approximate surface area is 150 Å². The molecule has 0 aliphatic carbocycles. The normalized spacial score (nSPS) is 12.0. The van der Waals surface area contributed by atoms with E-state index in [4.69, 9.17) is 0 Å². The van der Waals surface area contributed by atoms with E-state index in [1.807, 2.05) is 11.0 Å². The lowest BCUT2D eigenvalue weighted by Gasteiger charge is -2.24. The second-order valence-electron chi connectivity index (χ2n) is 8.00. The molecule has 0 saturated carbocycles. The van der Waals surface area contributed by atoms with Crippen molar-refractivity contribution in [2.24, 2.45) is 0 Å². The van der Waals surface area contributed by atoms with Gasteiger partial charge in [-0.25, -0.2) is 9.67 Å². The first-order chi connectivity index (χ1) is 11.7. The highest BCUT2D eigenvalue weighted by atomic mass is 15.3. The van der Waals surface area contributed by atoms with Crippen LogP contribution in [-0.4, -0.2) is 14.8 Å². The summed E-state index contributed by atoms with van der Waals surface area (Å²) in [6, 6.07) is 0. The smallest absolute Gasteiger partial charge is 0.137 e. The van der Waals surface area contributed by atoms with E-state index in [0.29, 0.717) is 0 Å². The topological polar surface area (TPSA) is 30.7 Å². The first kappa shape index (κ1) is 21.2. The van der Waals surface area contributed by atoms with Crippen molar-refractivity contribution in [3.8, 4) is 0 Å². The lowest BCUT2D eigenvalue weighted by Crippen LogP contribution is -2.26. The fourth-order valence-corrected chi connectivity index (χ4v) is 3.39. The van der Waals surface area contributed by atoms with Crippen LogP contribution < -0.4 is 0 Å². The van der Waals surface area contributed by atoms with Gasteiger partial charge in [0.15, 0.2) is 0 Å². The van der Waals surface area contributed by atoms with Gasteiger partial charge < -0.3 is 0 Å². The van der Waals surface area contributed by atoms with Crippen LogP contribution in [0.2, 0.25) is 0 Å². The molecule has 140 valence electrons. The summed E-state index contributed by atoms with van der Waals surface area (Å²) in [4.78, 5) is 4.06. The van der Waals surface area contributed by atoms with E-state index in [2.05, 4.69) is 30.9 Å². The molecule has 1 aromatic rings. The first-order valence-corrected chi connectivity index (χ1v) is 10.5. The zero-order valence-electron chi connectivity index (χ0n) is 16.6. The van der Waals surface area contributed by atoms with E-state index < -0.39 is 0 Å². The van der Waals surface area contributed by atoms with E-state index in [9.17, 15) is 0 Å². The predicted molar refractivity (Wildman–Crippen MR) is 104 cm³/mol. The molecule has 0 unspecified atom stereocenters. The van der Waals surface area contributed by atoms with Crippen LogP contribution >= 0.6 is 0 Å². The van der Waals surface area contributed by atoms with Crippen molar-refractivity contribution in [1.29, 1.82) is 0 Å². The minimum absolute atomic E-state index is 0.105. The molecule has 0 N–H and O–H groups in total.